The molecule has 0 bridgehead atoms. The van der Waals surface area contributed by atoms with Crippen molar-refractivity contribution in [1.82, 2.24) is 4.90 Å². The van der Waals surface area contributed by atoms with Gasteiger partial charge in [0.1, 0.15) is 0 Å². The first-order valence-electron chi connectivity index (χ1n) is 6.09. The van der Waals surface area contributed by atoms with Gasteiger partial charge in [-0.05, 0) is 25.8 Å². The van der Waals surface area contributed by atoms with Crippen LogP contribution >= 0.6 is 0 Å². The molecule has 16 heavy (non-hydrogen) atoms. The van der Waals surface area contributed by atoms with Gasteiger partial charge in [0.25, 0.3) is 0 Å². The second kappa shape index (κ2) is 6.21. The smallest absolute Gasteiger partial charge is 0.332 e. The van der Waals surface area contributed by atoms with Gasteiger partial charge in [-0.25, -0.2) is 4.79 Å². The van der Waals surface area contributed by atoms with Crippen molar-refractivity contribution in [3.05, 3.63) is 0 Å². The summed E-state index contributed by atoms with van der Waals surface area (Å²) in [5.41, 5.74) is 0. The van der Waals surface area contributed by atoms with E-state index in [2.05, 4.69) is 25.8 Å². The molecule has 1 aliphatic heterocycles. The molecule has 3 unspecified atom stereocenters. The van der Waals surface area contributed by atoms with Crippen LogP contribution < -0.4 is 0 Å². The molecule has 1 fully saturated rings. The second-order valence-electron chi connectivity index (χ2n) is 4.90. The van der Waals surface area contributed by atoms with Crippen LogP contribution in [0.25, 0.3) is 0 Å². The molecule has 0 amide bonds. The van der Waals surface area contributed by atoms with E-state index in [-0.39, 0.29) is 6.10 Å². The first-order chi connectivity index (χ1) is 7.52. The van der Waals surface area contributed by atoms with Crippen LogP contribution in [0.2, 0.25) is 0 Å². The molecule has 0 spiro atoms. The van der Waals surface area contributed by atoms with Gasteiger partial charge in [0, 0.05) is 13.1 Å². The van der Waals surface area contributed by atoms with Gasteiger partial charge in [0.15, 0.2) is 6.10 Å². The first kappa shape index (κ1) is 13.5. The average Bonchev–Trinajstić information content (AvgIpc) is 2.65. The van der Waals surface area contributed by atoms with Crippen LogP contribution in [-0.4, -0.2) is 48.3 Å². The summed E-state index contributed by atoms with van der Waals surface area (Å²) in [6.45, 7) is 6.30. The molecule has 0 aromatic carbocycles. The van der Waals surface area contributed by atoms with Gasteiger partial charge >= 0.3 is 5.97 Å². The number of carboxylic acids is 1. The molecule has 1 aliphatic rings. The minimum absolute atomic E-state index is 0.0927. The molecule has 0 saturated carbocycles. The maximum Gasteiger partial charge on any atom is 0.332 e. The van der Waals surface area contributed by atoms with Gasteiger partial charge in [-0.2, -0.15) is 0 Å². The van der Waals surface area contributed by atoms with Crippen LogP contribution in [0.1, 0.15) is 33.1 Å². The molecule has 0 aromatic rings. The van der Waals surface area contributed by atoms with Gasteiger partial charge in [-0.15, -0.1) is 0 Å². The van der Waals surface area contributed by atoms with Crippen molar-refractivity contribution in [2.45, 2.75) is 45.3 Å². The minimum atomic E-state index is -0.827. The minimum Gasteiger partial charge on any atom is -0.479 e. The normalized spacial score (nSPS) is 27.2. The number of hydrogen-bond donors (Lipinski definition) is 1. The molecule has 94 valence electrons. The third kappa shape index (κ3) is 4.10. The second-order valence-corrected chi connectivity index (χ2v) is 4.90. The van der Waals surface area contributed by atoms with Crippen LogP contribution in [0.3, 0.4) is 0 Å². The van der Waals surface area contributed by atoms with E-state index in [0.717, 1.165) is 19.5 Å². The lowest BCUT2D eigenvalue weighted by molar-refractivity contribution is -0.149. The number of aliphatic carboxylic acids is 1. The Hall–Kier alpha value is -0.610. The van der Waals surface area contributed by atoms with Gasteiger partial charge < -0.3 is 14.7 Å². The summed E-state index contributed by atoms with van der Waals surface area (Å²) >= 11 is 0. The lowest BCUT2D eigenvalue weighted by Gasteiger charge is -2.23. The Bertz CT molecular complexity index is 232. The molecular weight excluding hydrogens is 206 g/mol. The number of hydrogen-bond acceptors (Lipinski definition) is 3. The highest BCUT2D eigenvalue weighted by atomic mass is 16.5. The fourth-order valence-corrected chi connectivity index (χ4v) is 2.10. The highest BCUT2D eigenvalue weighted by Crippen LogP contribution is 2.20. The zero-order valence-electron chi connectivity index (χ0n) is 10.5. The largest absolute Gasteiger partial charge is 0.479 e. The fourth-order valence-electron chi connectivity index (χ4n) is 2.10. The Morgan fingerprint density at radius 3 is 2.75 bits per heavy atom. The summed E-state index contributed by atoms with van der Waals surface area (Å²) in [5.74, 6) is -0.145. The molecule has 1 rings (SSSR count). The maximum absolute atomic E-state index is 10.7. The molecule has 1 heterocycles. The Morgan fingerprint density at radius 1 is 1.56 bits per heavy atom. The number of rotatable bonds is 6. The number of carboxylic acid groups (broad SMARTS) is 1. The van der Waals surface area contributed by atoms with E-state index < -0.39 is 12.1 Å². The lowest BCUT2D eigenvalue weighted by atomic mass is 10.1. The van der Waals surface area contributed by atoms with Crippen molar-refractivity contribution in [1.29, 1.82) is 0 Å². The van der Waals surface area contributed by atoms with E-state index in [1.807, 2.05) is 0 Å². The highest BCUT2D eigenvalue weighted by Gasteiger charge is 2.30. The summed E-state index contributed by atoms with van der Waals surface area (Å²) in [4.78, 5) is 13.0. The molecule has 0 radical (unpaired) electrons. The predicted molar refractivity (Wildman–Crippen MR) is 62.5 cm³/mol. The standard InChI is InChI=1S/C12H23NO3/c1-4-9(2)7-13(3)8-10-5-6-11(16-10)12(14)15/h9-11H,4-8H2,1-3H3,(H,14,15). The molecular formula is C12H23NO3. The Labute approximate surface area is 97.6 Å². The summed E-state index contributed by atoms with van der Waals surface area (Å²) in [5, 5.41) is 8.81. The summed E-state index contributed by atoms with van der Waals surface area (Å²) < 4.78 is 5.47. The van der Waals surface area contributed by atoms with Crippen LogP contribution in [0.4, 0.5) is 0 Å². The Kier molecular flexibility index (Phi) is 5.22. The van der Waals surface area contributed by atoms with Crippen LogP contribution in [-0.2, 0) is 9.53 Å². The average molecular weight is 229 g/mol. The van der Waals surface area contributed by atoms with E-state index in [1.165, 1.54) is 6.42 Å². The van der Waals surface area contributed by atoms with Gasteiger partial charge in [-0.3, -0.25) is 0 Å². The van der Waals surface area contributed by atoms with E-state index >= 15 is 0 Å². The van der Waals surface area contributed by atoms with Crippen molar-refractivity contribution in [2.75, 3.05) is 20.1 Å². The summed E-state index contributed by atoms with van der Waals surface area (Å²) in [6.07, 6.45) is 2.20. The van der Waals surface area contributed by atoms with Gasteiger partial charge in [0.2, 0.25) is 0 Å². The highest BCUT2D eigenvalue weighted by molar-refractivity contribution is 5.72. The molecule has 4 nitrogen and oxygen atoms in total. The third-order valence-corrected chi connectivity index (χ3v) is 3.22. The fraction of sp³-hybridized carbons (Fsp3) is 0.917. The van der Waals surface area contributed by atoms with E-state index in [9.17, 15) is 4.79 Å². The van der Waals surface area contributed by atoms with Gasteiger partial charge in [0.05, 0.1) is 6.10 Å². The maximum atomic E-state index is 10.7. The molecule has 1 saturated heterocycles. The molecule has 4 heteroatoms. The van der Waals surface area contributed by atoms with E-state index in [0.29, 0.717) is 12.3 Å². The van der Waals surface area contributed by atoms with Gasteiger partial charge in [-0.1, -0.05) is 20.3 Å². The van der Waals surface area contributed by atoms with Crippen LogP contribution in [0.5, 0.6) is 0 Å². The first-order valence-corrected chi connectivity index (χ1v) is 6.09. The van der Waals surface area contributed by atoms with Crippen LogP contribution in [0.15, 0.2) is 0 Å². The van der Waals surface area contributed by atoms with Crippen molar-refractivity contribution in [2.24, 2.45) is 5.92 Å². The van der Waals surface area contributed by atoms with E-state index in [4.69, 9.17) is 9.84 Å². The Morgan fingerprint density at radius 2 is 2.25 bits per heavy atom. The number of nitrogens with zero attached hydrogens (tertiary/aromatic N) is 1. The van der Waals surface area contributed by atoms with Crippen molar-refractivity contribution < 1.29 is 14.6 Å². The van der Waals surface area contributed by atoms with Crippen molar-refractivity contribution in [3.63, 3.8) is 0 Å². The van der Waals surface area contributed by atoms with E-state index in [1.54, 1.807) is 0 Å². The Balaban J connectivity index is 2.25. The monoisotopic (exact) mass is 229 g/mol. The summed E-state index contributed by atoms with van der Waals surface area (Å²) in [6, 6.07) is 0. The molecule has 0 aliphatic carbocycles. The molecule has 1 N–H and O–H groups in total. The number of likely N-dealkylation sites (N-methyl/N-ethyl adjacent to an activating group) is 1. The zero-order chi connectivity index (χ0) is 12.1. The third-order valence-electron chi connectivity index (χ3n) is 3.22. The van der Waals surface area contributed by atoms with Crippen molar-refractivity contribution in [3.8, 4) is 0 Å². The SMILES string of the molecule is CCC(C)CN(C)CC1CCC(C(=O)O)O1. The number of ether oxygens (including phenoxy) is 1. The topological polar surface area (TPSA) is 49.8 Å². The zero-order valence-corrected chi connectivity index (χ0v) is 10.5. The quantitative estimate of drug-likeness (QED) is 0.751. The number of carbonyl (C=O) groups is 1. The molecule has 0 aromatic heterocycles. The lowest BCUT2D eigenvalue weighted by Crippen LogP contribution is -2.33. The van der Waals surface area contributed by atoms with Crippen LogP contribution in [0, 0.1) is 5.92 Å². The molecule has 3 atom stereocenters. The summed E-state index contributed by atoms with van der Waals surface area (Å²) in [7, 11) is 2.07. The van der Waals surface area contributed by atoms with Crippen molar-refractivity contribution >= 4 is 5.97 Å². The predicted octanol–water partition coefficient (Wildman–Crippen LogP) is 1.60.